The van der Waals surface area contributed by atoms with Crippen LogP contribution < -0.4 is 14.4 Å². The summed E-state index contributed by atoms with van der Waals surface area (Å²) in [6.45, 7) is 8.66. The lowest BCUT2D eigenvalue weighted by atomic mass is 10.1. The number of hydrogen-bond donors (Lipinski definition) is 1. The molecule has 0 unspecified atom stereocenters. The Bertz CT molecular complexity index is 1440. The van der Waals surface area contributed by atoms with Crippen LogP contribution in [0.15, 0.2) is 48.9 Å². The number of hydrogen-bond acceptors (Lipinski definition) is 8. The Morgan fingerprint density at radius 3 is 2.62 bits per heavy atom. The van der Waals surface area contributed by atoms with Gasteiger partial charge in [0, 0.05) is 57.2 Å². The minimum Gasteiger partial charge on any atom is -0.490 e. The monoisotopic (exact) mass is 577 g/mol. The van der Waals surface area contributed by atoms with E-state index in [9.17, 15) is 19.1 Å². The van der Waals surface area contributed by atoms with Crippen LogP contribution in [0.2, 0.25) is 0 Å². The lowest BCUT2D eigenvalue weighted by Crippen LogP contribution is -2.39. The Kier molecular flexibility index (Phi) is 8.86. The summed E-state index contributed by atoms with van der Waals surface area (Å²) in [5, 5.41) is 9.18. The Balaban J connectivity index is 1.27. The Morgan fingerprint density at radius 2 is 1.90 bits per heavy atom. The highest BCUT2D eigenvalue weighted by Gasteiger charge is 2.29. The number of anilines is 1. The average Bonchev–Trinajstić information content (AvgIpc) is 3.38. The second-order valence-electron chi connectivity index (χ2n) is 10.9. The van der Waals surface area contributed by atoms with Crippen molar-refractivity contribution in [2.24, 2.45) is 0 Å². The summed E-state index contributed by atoms with van der Waals surface area (Å²) in [5.41, 5.74) is 2.30. The van der Waals surface area contributed by atoms with E-state index in [1.54, 1.807) is 11.1 Å². The van der Waals surface area contributed by atoms with Crippen molar-refractivity contribution >= 4 is 17.7 Å². The highest BCUT2D eigenvalue weighted by atomic mass is 19.1. The van der Waals surface area contributed by atoms with E-state index in [2.05, 4.69) is 14.9 Å². The van der Waals surface area contributed by atoms with E-state index in [1.165, 1.54) is 24.5 Å². The standard InChI is InChI=1S/C31H36FN5O5/c1-4-37(20(2)3)31(40)24-14-22(32)8-9-27(24)42-28-15-33-19-34-30(28)36-12-10-23(11-13-36)41-26-7-5-6-21-16-35(17-25(21)26)18-29(38)39/h5-9,14-15,19-20,23H,4,10-13,16-18H2,1-3H3,(H,38,39). The lowest BCUT2D eigenvalue weighted by molar-refractivity contribution is -0.138. The largest absolute Gasteiger partial charge is 0.490 e. The normalized spacial score (nSPS) is 15.5. The minimum absolute atomic E-state index is 0.00198. The van der Waals surface area contributed by atoms with Crippen molar-refractivity contribution in [3.05, 3.63) is 71.4 Å². The van der Waals surface area contributed by atoms with Gasteiger partial charge < -0.3 is 24.4 Å². The summed E-state index contributed by atoms with van der Waals surface area (Å²) in [4.78, 5) is 38.7. The quantitative estimate of drug-likeness (QED) is 0.366. The van der Waals surface area contributed by atoms with Crippen LogP contribution in [0.3, 0.4) is 0 Å². The molecule has 0 atom stereocenters. The number of piperidine rings is 1. The number of aromatic nitrogens is 2. The molecule has 2 aliphatic rings. The number of aliphatic carboxylic acids is 1. The number of carbonyl (C=O) groups excluding carboxylic acids is 1. The molecule has 0 saturated carbocycles. The maximum Gasteiger partial charge on any atom is 0.317 e. The molecule has 1 fully saturated rings. The molecule has 0 aliphatic carbocycles. The van der Waals surface area contributed by atoms with Crippen molar-refractivity contribution in [3.8, 4) is 17.2 Å². The van der Waals surface area contributed by atoms with Crippen molar-refractivity contribution in [2.45, 2.75) is 58.8 Å². The molecule has 3 aromatic rings. The van der Waals surface area contributed by atoms with E-state index in [0.717, 1.165) is 29.7 Å². The molecule has 0 radical (unpaired) electrons. The number of carbonyl (C=O) groups is 2. The average molecular weight is 578 g/mol. The second kappa shape index (κ2) is 12.7. The first-order valence-corrected chi connectivity index (χ1v) is 14.3. The van der Waals surface area contributed by atoms with E-state index < -0.39 is 11.8 Å². The van der Waals surface area contributed by atoms with Gasteiger partial charge in [0.25, 0.3) is 5.91 Å². The first kappa shape index (κ1) is 29.2. The van der Waals surface area contributed by atoms with Gasteiger partial charge >= 0.3 is 5.97 Å². The van der Waals surface area contributed by atoms with E-state index in [1.807, 2.05) is 43.9 Å². The molecule has 42 heavy (non-hydrogen) atoms. The zero-order valence-electron chi connectivity index (χ0n) is 24.1. The third-order valence-corrected chi connectivity index (χ3v) is 7.68. The predicted molar refractivity (Wildman–Crippen MR) is 154 cm³/mol. The topological polar surface area (TPSA) is 108 Å². The molecule has 3 heterocycles. The number of halogens is 1. The summed E-state index contributed by atoms with van der Waals surface area (Å²) in [5.74, 6) is 0.349. The van der Waals surface area contributed by atoms with Gasteiger partial charge in [-0.15, -0.1) is 0 Å². The van der Waals surface area contributed by atoms with Crippen LogP contribution in [0, 0.1) is 5.82 Å². The van der Waals surface area contributed by atoms with Crippen LogP contribution in [0.25, 0.3) is 0 Å². The van der Waals surface area contributed by atoms with Crippen LogP contribution in [0.5, 0.6) is 17.2 Å². The number of ether oxygens (including phenoxy) is 2. The van der Waals surface area contributed by atoms with Crippen LogP contribution >= 0.6 is 0 Å². The number of amides is 1. The molecule has 5 rings (SSSR count). The van der Waals surface area contributed by atoms with E-state index >= 15 is 0 Å². The predicted octanol–water partition coefficient (Wildman–Crippen LogP) is 4.73. The molecule has 0 spiro atoms. The molecule has 1 N–H and O–H groups in total. The van der Waals surface area contributed by atoms with E-state index in [0.29, 0.717) is 44.3 Å². The third kappa shape index (κ3) is 6.46. The van der Waals surface area contributed by atoms with Gasteiger partial charge in [0.05, 0.1) is 18.3 Å². The van der Waals surface area contributed by atoms with Crippen LogP contribution in [-0.4, -0.2) is 75.1 Å². The van der Waals surface area contributed by atoms with Crippen molar-refractivity contribution in [1.29, 1.82) is 0 Å². The molecular weight excluding hydrogens is 541 g/mol. The van der Waals surface area contributed by atoms with Crippen LogP contribution in [0.4, 0.5) is 10.2 Å². The number of carboxylic acid groups (broad SMARTS) is 1. The number of rotatable bonds is 10. The number of fused-ring (bicyclic) bond motifs is 1. The Labute approximate surface area is 244 Å². The maximum absolute atomic E-state index is 14.2. The molecule has 10 nitrogen and oxygen atoms in total. The van der Waals surface area contributed by atoms with Crippen molar-refractivity contribution in [3.63, 3.8) is 0 Å². The van der Waals surface area contributed by atoms with Crippen molar-refractivity contribution in [1.82, 2.24) is 19.8 Å². The third-order valence-electron chi connectivity index (χ3n) is 7.68. The summed E-state index contributed by atoms with van der Waals surface area (Å²) >= 11 is 0. The molecule has 1 aromatic heterocycles. The number of carboxylic acids is 1. The molecule has 2 aliphatic heterocycles. The van der Waals surface area contributed by atoms with Gasteiger partial charge in [0.1, 0.15) is 29.7 Å². The SMILES string of the molecule is CCN(C(=O)c1cc(F)ccc1Oc1cncnc1N1CCC(Oc2cccc3c2CN(CC(=O)O)C3)CC1)C(C)C. The van der Waals surface area contributed by atoms with Crippen molar-refractivity contribution < 1.29 is 28.6 Å². The summed E-state index contributed by atoms with van der Waals surface area (Å²) < 4.78 is 26.8. The van der Waals surface area contributed by atoms with Gasteiger partial charge in [-0.2, -0.15) is 0 Å². The fourth-order valence-corrected chi connectivity index (χ4v) is 5.63. The van der Waals surface area contributed by atoms with Gasteiger partial charge in [-0.25, -0.2) is 14.4 Å². The van der Waals surface area contributed by atoms with Gasteiger partial charge in [0.2, 0.25) is 0 Å². The van der Waals surface area contributed by atoms with Crippen LogP contribution in [-0.2, 0) is 17.9 Å². The molecule has 1 saturated heterocycles. The Hall–Kier alpha value is -4.25. The van der Waals surface area contributed by atoms with E-state index in [4.69, 9.17) is 9.47 Å². The second-order valence-corrected chi connectivity index (χ2v) is 10.9. The lowest BCUT2D eigenvalue weighted by Gasteiger charge is -2.34. The summed E-state index contributed by atoms with van der Waals surface area (Å²) in [7, 11) is 0. The first-order chi connectivity index (χ1) is 20.2. The molecular formula is C31H36FN5O5. The van der Waals surface area contributed by atoms with Gasteiger partial charge in [-0.3, -0.25) is 14.5 Å². The molecule has 0 bridgehead atoms. The minimum atomic E-state index is -0.841. The Morgan fingerprint density at radius 1 is 1.12 bits per heavy atom. The summed E-state index contributed by atoms with van der Waals surface area (Å²) in [6, 6.07) is 9.80. The molecule has 11 heteroatoms. The van der Waals surface area contributed by atoms with Crippen LogP contribution in [0.1, 0.15) is 55.1 Å². The van der Waals surface area contributed by atoms with Crippen molar-refractivity contribution in [2.75, 3.05) is 31.1 Å². The van der Waals surface area contributed by atoms with Gasteiger partial charge in [-0.1, -0.05) is 12.1 Å². The van der Waals surface area contributed by atoms with Gasteiger partial charge in [0.15, 0.2) is 11.6 Å². The fourth-order valence-electron chi connectivity index (χ4n) is 5.63. The zero-order valence-corrected chi connectivity index (χ0v) is 24.1. The molecule has 1 amide bonds. The molecule has 2 aromatic carbocycles. The van der Waals surface area contributed by atoms with Gasteiger partial charge in [-0.05, 0) is 50.6 Å². The zero-order chi connectivity index (χ0) is 29.8. The summed E-state index contributed by atoms with van der Waals surface area (Å²) in [6.07, 6.45) is 4.48. The maximum atomic E-state index is 14.2. The highest BCUT2D eigenvalue weighted by Crippen LogP contribution is 2.36. The smallest absolute Gasteiger partial charge is 0.317 e. The van der Waals surface area contributed by atoms with E-state index in [-0.39, 0.29) is 35.9 Å². The number of nitrogens with zero attached hydrogens (tertiary/aromatic N) is 5. The fraction of sp³-hybridized carbons (Fsp3) is 0.419. The molecule has 222 valence electrons. The highest BCUT2D eigenvalue weighted by molar-refractivity contribution is 5.97. The first-order valence-electron chi connectivity index (χ1n) is 14.3. The number of benzene rings is 2.